The van der Waals surface area contributed by atoms with Gasteiger partial charge in [-0.2, -0.15) is 0 Å². The average molecular weight is 296 g/mol. The van der Waals surface area contributed by atoms with E-state index in [1.165, 1.54) is 17.7 Å². The molecule has 2 rings (SSSR count). The molecule has 0 saturated carbocycles. The Balaban J connectivity index is 2.32. The number of hydrogen-bond donors (Lipinski definition) is 1. The molecule has 0 amide bonds. The number of aryl methyl sites for hydroxylation is 1. The Labute approximate surface area is 119 Å². The predicted molar refractivity (Wildman–Crippen MR) is 69.3 cm³/mol. The van der Waals surface area contributed by atoms with E-state index in [9.17, 15) is 13.6 Å². The Morgan fingerprint density at radius 2 is 2.10 bits per heavy atom. The number of rotatable bonds is 5. The van der Waals surface area contributed by atoms with Crippen LogP contribution in [-0.4, -0.2) is 31.3 Å². The Bertz CT molecular complexity index is 672. The zero-order valence-corrected chi connectivity index (χ0v) is 11.5. The molecule has 6 nitrogen and oxygen atoms in total. The first-order valence-corrected chi connectivity index (χ1v) is 6.32. The lowest BCUT2D eigenvalue weighted by molar-refractivity contribution is -0.138. The third kappa shape index (κ3) is 3.39. The van der Waals surface area contributed by atoms with Crippen LogP contribution in [-0.2, 0) is 11.3 Å². The van der Waals surface area contributed by atoms with Crippen molar-refractivity contribution in [3.05, 3.63) is 29.3 Å². The van der Waals surface area contributed by atoms with Crippen molar-refractivity contribution < 1.29 is 18.7 Å². The Kier molecular flexibility index (Phi) is 4.25. The molecule has 1 aromatic carbocycles. The van der Waals surface area contributed by atoms with Gasteiger partial charge in [0.1, 0.15) is 11.6 Å². The number of nitrogens with zero attached hydrogens (tertiary/aromatic N) is 4. The highest BCUT2D eigenvalue weighted by Gasteiger charge is 2.18. The summed E-state index contributed by atoms with van der Waals surface area (Å²) in [5, 5.41) is 19.7. The van der Waals surface area contributed by atoms with Crippen LogP contribution < -0.4 is 0 Å². The zero-order valence-electron chi connectivity index (χ0n) is 11.5. The van der Waals surface area contributed by atoms with E-state index >= 15 is 0 Å². The van der Waals surface area contributed by atoms with Gasteiger partial charge in [-0.25, -0.2) is 13.5 Å². The molecule has 0 fully saturated rings. The molecule has 1 unspecified atom stereocenters. The van der Waals surface area contributed by atoms with Crippen molar-refractivity contribution >= 4 is 5.97 Å². The SMILES string of the molecule is Cc1cc(-c2nnnn2CC(C)CC(=O)O)c(F)cc1F. The number of benzene rings is 1. The minimum Gasteiger partial charge on any atom is -0.481 e. The van der Waals surface area contributed by atoms with Gasteiger partial charge in [-0.1, -0.05) is 6.92 Å². The van der Waals surface area contributed by atoms with Crippen LogP contribution in [0.15, 0.2) is 12.1 Å². The van der Waals surface area contributed by atoms with E-state index in [4.69, 9.17) is 5.11 Å². The topological polar surface area (TPSA) is 80.9 Å². The molecule has 0 aliphatic rings. The van der Waals surface area contributed by atoms with E-state index in [2.05, 4.69) is 15.5 Å². The van der Waals surface area contributed by atoms with Gasteiger partial charge in [0.25, 0.3) is 0 Å². The fraction of sp³-hybridized carbons (Fsp3) is 0.385. The van der Waals surface area contributed by atoms with Gasteiger partial charge in [-0.3, -0.25) is 4.79 Å². The largest absolute Gasteiger partial charge is 0.481 e. The summed E-state index contributed by atoms with van der Waals surface area (Å²) in [6.45, 7) is 3.47. The summed E-state index contributed by atoms with van der Waals surface area (Å²) in [5.74, 6) is -2.42. The van der Waals surface area contributed by atoms with E-state index in [0.29, 0.717) is 0 Å². The summed E-state index contributed by atoms with van der Waals surface area (Å²) in [5.41, 5.74) is 0.362. The van der Waals surface area contributed by atoms with Crippen LogP contribution >= 0.6 is 0 Å². The van der Waals surface area contributed by atoms with Crippen LogP contribution in [0.4, 0.5) is 8.78 Å². The van der Waals surface area contributed by atoms with E-state index < -0.39 is 17.6 Å². The van der Waals surface area contributed by atoms with Crippen molar-refractivity contribution in [1.82, 2.24) is 20.2 Å². The minimum absolute atomic E-state index is 0.0514. The molecule has 1 atom stereocenters. The molecule has 2 aromatic rings. The van der Waals surface area contributed by atoms with Gasteiger partial charge >= 0.3 is 5.97 Å². The molecule has 1 aromatic heterocycles. The van der Waals surface area contributed by atoms with E-state index in [0.717, 1.165) is 6.07 Å². The molecule has 0 aliphatic heterocycles. The van der Waals surface area contributed by atoms with Gasteiger partial charge in [0, 0.05) is 19.0 Å². The maximum absolute atomic E-state index is 13.9. The number of carboxylic acid groups (broad SMARTS) is 1. The highest BCUT2D eigenvalue weighted by Crippen LogP contribution is 2.24. The lowest BCUT2D eigenvalue weighted by Crippen LogP contribution is -2.14. The zero-order chi connectivity index (χ0) is 15.6. The fourth-order valence-corrected chi connectivity index (χ4v) is 2.01. The number of carbonyl (C=O) groups is 1. The van der Waals surface area contributed by atoms with Crippen molar-refractivity contribution in [2.75, 3.05) is 0 Å². The minimum atomic E-state index is -0.930. The maximum atomic E-state index is 13.9. The van der Waals surface area contributed by atoms with Gasteiger partial charge in [0.15, 0.2) is 5.82 Å². The lowest BCUT2D eigenvalue weighted by Gasteiger charge is -2.11. The van der Waals surface area contributed by atoms with Crippen LogP contribution in [0.5, 0.6) is 0 Å². The van der Waals surface area contributed by atoms with Gasteiger partial charge in [0.2, 0.25) is 0 Å². The van der Waals surface area contributed by atoms with Crippen molar-refractivity contribution in [3.8, 4) is 11.4 Å². The average Bonchev–Trinajstić information content (AvgIpc) is 2.80. The second kappa shape index (κ2) is 5.94. The van der Waals surface area contributed by atoms with Gasteiger partial charge in [-0.05, 0) is 34.9 Å². The Hall–Kier alpha value is -2.38. The monoisotopic (exact) mass is 296 g/mol. The Morgan fingerprint density at radius 3 is 2.76 bits per heavy atom. The molecule has 112 valence electrons. The molecular weight excluding hydrogens is 282 g/mol. The maximum Gasteiger partial charge on any atom is 0.303 e. The number of halogens is 2. The molecule has 21 heavy (non-hydrogen) atoms. The third-order valence-corrected chi connectivity index (χ3v) is 3.03. The summed E-state index contributed by atoms with van der Waals surface area (Å²) in [6.07, 6.45) is -0.0514. The molecule has 0 spiro atoms. The lowest BCUT2D eigenvalue weighted by atomic mass is 10.1. The molecule has 0 bridgehead atoms. The van der Waals surface area contributed by atoms with Crippen LogP contribution in [0, 0.1) is 24.5 Å². The molecular formula is C13H14F2N4O2. The standard InChI is InChI=1S/C13H14F2N4O2/c1-7(3-12(20)21)6-19-13(16-17-18-19)9-4-8(2)10(14)5-11(9)15/h4-5,7H,3,6H2,1-2H3,(H,20,21). The second-order valence-corrected chi connectivity index (χ2v) is 4.97. The first-order chi connectivity index (χ1) is 9.88. The normalized spacial score (nSPS) is 12.4. The molecule has 8 heteroatoms. The number of aromatic nitrogens is 4. The predicted octanol–water partition coefficient (Wildman–Crippen LogP) is 2.04. The molecule has 0 aliphatic carbocycles. The van der Waals surface area contributed by atoms with Crippen molar-refractivity contribution in [1.29, 1.82) is 0 Å². The number of aliphatic carboxylic acids is 1. The third-order valence-electron chi connectivity index (χ3n) is 3.03. The molecule has 1 N–H and O–H groups in total. The van der Waals surface area contributed by atoms with E-state index in [1.807, 2.05) is 0 Å². The number of hydrogen-bond acceptors (Lipinski definition) is 4. The van der Waals surface area contributed by atoms with E-state index in [-0.39, 0.29) is 35.8 Å². The summed E-state index contributed by atoms with van der Waals surface area (Å²) < 4.78 is 28.5. The quantitative estimate of drug-likeness (QED) is 0.913. The smallest absolute Gasteiger partial charge is 0.303 e. The molecule has 0 saturated heterocycles. The first kappa shape index (κ1) is 15.0. The highest BCUT2D eigenvalue weighted by molar-refractivity contribution is 5.67. The van der Waals surface area contributed by atoms with Crippen LogP contribution in [0.1, 0.15) is 18.9 Å². The van der Waals surface area contributed by atoms with Crippen molar-refractivity contribution in [2.24, 2.45) is 5.92 Å². The Morgan fingerprint density at radius 1 is 1.38 bits per heavy atom. The van der Waals surface area contributed by atoms with Crippen LogP contribution in [0.2, 0.25) is 0 Å². The summed E-state index contributed by atoms with van der Waals surface area (Å²) in [7, 11) is 0. The van der Waals surface area contributed by atoms with Crippen LogP contribution in [0.3, 0.4) is 0 Å². The van der Waals surface area contributed by atoms with Gasteiger partial charge < -0.3 is 5.11 Å². The second-order valence-electron chi connectivity index (χ2n) is 4.97. The summed E-state index contributed by atoms with van der Waals surface area (Å²) >= 11 is 0. The van der Waals surface area contributed by atoms with E-state index in [1.54, 1.807) is 6.92 Å². The highest BCUT2D eigenvalue weighted by atomic mass is 19.1. The van der Waals surface area contributed by atoms with Crippen molar-refractivity contribution in [2.45, 2.75) is 26.8 Å². The summed E-state index contributed by atoms with van der Waals surface area (Å²) in [6, 6.07) is 2.11. The first-order valence-electron chi connectivity index (χ1n) is 6.32. The fourth-order valence-electron chi connectivity index (χ4n) is 2.01. The number of tetrazole rings is 1. The van der Waals surface area contributed by atoms with Gasteiger partial charge in [0.05, 0.1) is 5.56 Å². The van der Waals surface area contributed by atoms with Gasteiger partial charge in [-0.15, -0.1) is 5.10 Å². The van der Waals surface area contributed by atoms with Crippen LogP contribution in [0.25, 0.3) is 11.4 Å². The number of carboxylic acids is 1. The van der Waals surface area contributed by atoms with Crippen molar-refractivity contribution in [3.63, 3.8) is 0 Å². The molecule has 0 radical (unpaired) electrons. The molecule has 1 heterocycles. The summed E-state index contributed by atoms with van der Waals surface area (Å²) in [4.78, 5) is 10.7.